The van der Waals surface area contributed by atoms with E-state index in [-0.39, 0.29) is 24.2 Å². The highest BCUT2D eigenvalue weighted by Gasteiger charge is 2.40. The van der Waals surface area contributed by atoms with E-state index in [1.54, 1.807) is 23.1 Å². The second-order valence-electron chi connectivity index (χ2n) is 8.74. The Morgan fingerprint density at radius 2 is 1.69 bits per heavy atom. The minimum Gasteiger partial charge on any atom is -0.445 e. The summed E-state index contributed by atoms with van der Waals surface area (Å²) < 4.78 is 46.0. The molecule has 5 rings (SSSR count). The number of likely N-dealkylation sites (tertiary alicyclic amines) is 2. The van der Waals surface area contributed by atoms with Crippen LogP contribution in [0.1, 0.15) is 22.3 Å². The first-order chi connectivity index (χ1) is 16.7. The molecule has 0 aliphatic carbocycles. The van der Waals surface area contributed by atoms with Gasteiger partial charge in [-0.05, 0) is 54.2 Å². The predicted octanol–water partition coefficient (Wildman–Crippen LogP) is 3.59. The summed E-state index contributed by atoms with van der Waals surface area (Å²) in [6.07, 6.45) is -4.49. The Hall–Kier alpha value is -3.83. The fourth-order valence-electron chi connectivity index (χ4n) is 4.68. The zero-order valence-electron chi connectivity index (χ0n) is 18.5. The molecule has 3 aromatic rings. The first kappa shape index (κ1) is 22.9. The van der Waals surface area contributed by atoms with Crippen molar-refractivity contribution in [2.45, 2.75) is 19.4 Å². The van der Waals surface area contributed by atoms with Gasteiger partial charge in [0.1, 0.15) is 23.4 Å². The number of ether oxygens (including phenoxy) is 2. The van der Waals surface area contributed by atoms with E-state index in [4.69, 9.17) is 4.74 Å². The summed E-state index contributed by atoms with van der Waals surface area (Å²) in [6, 6.07) is 10.4. The van der Waals surface area contributed by atoms with Gasteiger partial charge in [-0.25, -0.2) is 4.79 Å². The molecule has 35 heavy (non-hydrogen) atoms. The minimum absolute atomic E-state index is 0.0646. The molecule has 0 saturated carbocycles. The van der Waals surface area contributed by atoms with E-state index in [9.17, 15) is 22.8 Å². The summed E-state index contributed by atoms with van der Waals surface area (Å²) in [5.74, 6) is 0.0436. The normalized spacial score (nSPS) is 20.1. The first-order valence-electron chi connectivity index (χ1n) is 11.1. The third-order valence-corrected chi connectivity index (χ3v) is 6.43. The Labute approximate surface area is 197 Å². The molecule has 12 heteroatoms. The summed E-state index contributed by atoms with van der Waals surface area (Å²) in [6.45, 7) is 2.12. The van der Waals surface area contributed by atoms with Gasteiger partial charge in [-0.3, -0.25) is 4.79 Å². The number of fused-ring (bicyclic) bond motifs is 2. The number of aromatic amines is 1. The fourth-order valence-corrected chi connectivity index (χ4v) is 4.68. The molecule has 2 aliphatic rings. The molecule has 0 spiro atoms. The highest BCUT2D eigenvalue weighted by Crippen LogP contribution is 2.32. The van der Waals surface area contributed by atoms with E-state index >= 15 is 0 Å². The number of amides is 2. The lowest BCUT2D eigenvalue weighted by Crippen LogP contribution is -2.43. The summed E-state index contributed by atoms with van der Waals surface area (Å²) >= 11 is 0. The van der Waals surface area contributed by atoms with E-state index in [1.807, 2.05) is 4.90 Å². The van der Waals surface area contributed by atoms with E-state index in [1.165, 1.54) is 24.3 Å². The average molecular weight is 489 g/mol. The maximum Gasteiger partial charge on any atom is 0.573 e. The van der Waals surface area contributed by atoms with Crippen molar-refractivity contribution in [2.24, 2.45) is 11.8 Å². The lowest BCUT2D eigenvalue weighted by Gasteiger charge is -2.33. The van der Waals surface area contributed by atoms with Crippen LogP contribution in [0.15, 0.2) is 42.5 Å². The van der Waals surface area contributed by atoms with Gasteiger partial charge in [0.2, 0.25) is 0 Å². The lowest BCUT2D eigenvalue weighted by molar-refractivity contribution is -0.274. The molecule has 2 aliphatic heterocycles. The Kier molecular flexibility index (Phi) is 5.95. The largest absolute Gasteiger partial charge is 0.573 e. The van der Waals surface area contributed by atoms with Gasteiger partial charge in [0, 0.05) is 31.7 Å². The summed E-state index contributed by atoms with van der Waals surface area (Å²) in [5, 5.41) is 10.6. The van der Waals surface area contributed by atoms with Crippen molar-refractivity contribution >= 4 is 23.0 Å². The molecule has 0 unspecified atom stereocenters. The zero-order valence-corrected chi connectivity index (χ0v) is 18.5. The van der Waals surface area contributed by atoms with Crippen LogP contribution in [0.4, 0.5) is 18.0 Å². The van der Waals surface area contributed by atoms with Gasteiger partial charge in [-0.1, -0.05) is 12.1 Å². The minimum atomic E-state index is -4.76. The summed E-state index contributed by atoms with van der Waals surface area (Å²) in [4.78, 5) is 29.0. The van der Waals surface area contributed by atoms with Crippen molar-refractivity contribution in [1.82, 2.24) is 25.2 Å². The molecule has 2 saturated heterocycles. The van der Waals surface area contributed by atoms with E-state index < -0.39 is 12.5 Å². The monoisotopic (exact) mass is 489 g/mol. The number of alkyl halides is 3. The van der Waals surface area contributed by atoms with E-state index in [0.717, 1.165) is 6.42 Å². The lowest BCUT2D eigenvalue weighted by atomic mass is 9.89. The Balaban J connectivity index is 1.13. The topological polar surface area (TPSA) is 101 Å². The number of aromatic nitrogens is 3. The molecular formula is C23H22F3N5O4. The first-order valence-corrected chi connectivity index (χ1v) is 11.1. The molecule has 2 aromatic carbocycles. The van der Waals surface area contributed by atoms with Gasteiger partial charge in [-0.15, -0.1) is 13.2 Å². The van der Waals surface area contributed by atoms with Crippen molar-refractivity contribution in [3.05, 3.63) is 53.6 Å². The van der Waals surface area contributed by atoms with Gasteiger partial charge in [0.05, 0.1) is 0 Å². The van der Waals surface area contributed by atoms with Crippen LogP contribution >= 0.6 is 0 Å². The van der Waals surface area contributed by atoms with Crippen molar-refractivity contribution in [1.29, 1.82) is 0 Å². The predicted molar refractivity (Wildman–Crippen MR) is 116 cm³/mol. The number of carbonyl (C=O) groups is 2. The van der Waals surface area contributed by atoms with Crippen molar-refractivity contribution in [2.75, 3.05) is 26.2 Å². The molecule has 184 valence electrons. The molecular weight excluding hydrogens is 467 g/mol. The molecule has 2 amide bonds. The molecule has 9 nitrogen and oxygen atoms in total. The Morgan fingerprint density at radius 3 is 2.46 bits per heavy atom. The second-order valence-corrected chi connectivity index (χ2v) is 8.74. The molecule has 0 radical (unpaired) electrons. The SMILES string of the molecule is O=C(OCc1ccc(OC(F)(F)F)cc1)N1CC[C@@H]2CN(C(=O)c3ccc4n[nH]nc4c3)C[C@H]2C1. The van der Waals surface area contributed by atoms with Crippen LogP contribution in [0.2, 0.25) is 0 Å². The second kappa shape index (κ2) is 9.08. The number of nitrogens with zero attached hydrogens (tertiary/aromatic N) is 4. The number of carbonyl (C=O) groups excluding carboxylic acids is 2. The average Bonchev–Trinajstić information content (AvgIpc) is 3.47. The number of piperidine rings is 1. The van der Waals surface area contributed by atoms with E-state index in [0.29, 0.717) is 54.3 Å². The zero-order chi connectivity index (χ0) is 24.6. The Bertz CT molecular complexity index is 1230. The maximum atomic E-state index is 13.0. The van der Waals surface area contributed by atoms with Crippen LogP contribution in [0, 0.1) is 11.8 Å². The number of benzene rings is 2. The van der Waals surface area contributed by atoms with Crippen LogP contribution in [-0.4, -0.2) is 69.8 Å². The van der Waals surface area contributed by atoms with Crippen molar-refractivity contribution < 1.29 is 32.2 Å². The third kappa shape index (κ3) is 5.15. The number of hydrogen-bond donors (Lipinski definition) is 1. The van der Waals surface area contributed by atoms with Gasteiger partial charge in [-0.2, -0.15) is 15.4 Å². The molecule has 1 aromatic heterocycles. The smallest absolute Gasteiger partial charge is 0.445 e. The number of H-pyrrole nitrogens is 1. The molecule has 2 atom stereocenters. The van der Waals surface area contributed by atoms with Crippen LogP contribution in [-0.2, 0) is 11.3 Å². The van der Waals surface area contributed by atoms with Gasteiger partial charge in [0.15, 0.2) is 0 Å². The summed E-state index contributed by atoms with van der Waals surface area (Å²) in [7, 11) is 0. The number of hydrogen-bond acceptors (Lipinski definition) is 6. The quantitative estimate of drug-likeness (QED) is 0.601. The van der Waals surface area contributed by atoms with Crippen LogP contribution in [0.5, 0.6) is 5.75 Å². The molecule has 3 heterocycles. The van der Waals surface area contributed by atoms with Crippen LogP contribution in [0.3, 0.4) is 0 Å². The third-order valence-electron chi connectivity index (χ3n) is 6.43. The summed E-state index contributed by atoms with van der Waals surface area (Å²) in [5.41, 5.74) is 2.41. The number of rotatable bonds is 4. The maximum absolute atomic E-state index is 13.0. The Morgan fingerprint density at radius 1 is 0.971 bits per heavy atom. The van der Waals surface area contributed by atoms with Crippen molar-refractivity contribution in [3.63, 3.8) is 0 Å². The highest BCUT2D eigenvalue weighted by atomic mass is 19.4. The number of halogens is 3. The molecule has 1 N–H and O–H groups in total. The van der Waals surface area contributed by atoms with Crippen LogP contribution in [0.25, 0.3) is 11.0 Å². The molecule has 2 fully saturated rings. The van der Waals surface area contributed by atoms with Crippen LogP contribution < -0.4 is 4.74 Å². The molecule has 0 bridgehead atoms. The number of nitrogens with one attached hydrogen (secondary N) is 1. The van der Waals surface area contributed by atoms with Gasteiger partial charge < -0.3 is 19.3 Å². The van der Waals surface area contributed by atoms with Crippen molar-refractivity contribution in [3.8, 4) is 5.75 Å². The highest BCUT2D eigenvalue weighted by molar-refractivity contribution is 5.97. The van der Waals surface area contributed by atoms with Gasteiger partial charge >= 0.3 is 12.5 Å². The standard InChI is InChI=1S/C23H22F3N5O4/c24-23(25,26)35-18-4-1-14(2-5-18)13-34-22(33)30-8-7-16-10-31(12-17(16)11-30)21(32)15-3-6-19-20(9-15)28-29-27-19/h1-6,9,16-17H,7-8,10-13H2,(H,27,28,29)/t16-,17-/m1/s1. The fraction of sp³-hybridized carbons (Fsp3) is 0.391. The van der Waals surface area contributed by atoms with E-state index in [2.05, 4.69) is 20.1 Å². The van der Waals surface area contributed by atoms with Gasteiger partial charge in [0.25, 0.3) is 5.91 Å².